The highest BCUT2D eigenvalue weighted by molar-refractivity contribution is 5.95. The first-order valence-corrected chi connectivity index (χ1v) is 14.6. The summed E-state index contributed by atoms with van der Waals surface area (Å²) in [6, 6.07) is 6.33. The number of carbonyl (C=O) groups is 4. The number of ether oxygens (including phenoxy) is 2. The number of nitrogens with one attached hydrogen (secondary N) is 1. The minimum Gasteiger partial charge on any atom is -0.497 e. The Morgan fingerprint density at radius 2 is 1.80 bits per heavy atom. The van der Waals surface area contributed by atoms with Crippen LogP contribution in [0.4, 0.5) is 15.3 Å². The van der Waals surface area contributed by atoms with Gasteiger partial charge in [-0.05, 0) is 54.5 Å². The van der Waals surface area contributed by atoms with E-state index in [4.69, 9.17) is 9.47 Å². The maximum absolute atomic E-state index is 13.5. The van der Waals surface area contributed by atoms with Crippen molar-refractivity contribution < 1.29 is 33.8 Å². The van der Waals surface area contributed by atoms with Crippen LogP contribution < -0.4 is 15.6 Å². The summed E-state index contributed by atoms with van der Waals surface area (Å²) in [4.78, 5) is 70.5. The van der Waals surface area contributed by atoms with Gasteiger partial charge in [-0.25, -0.2) is 19.1 Å². The molecule has 0 spiro atoms. The summed E-state index contributed by atoms with van der Waals surface area (Å²) in [6.45, 7) is 5.95. The molecule has 3 amide bonds. The van der Waals surface area contributed by atoms with Gasteiger partial charge in [0.25, 0.3) is 11.5 Å². The van der Waals surface area contributed by atoms with E-state index in [0.29, 0.717) is 23.2 Å². The molecule has 14 nitrogen and oxygen atoms in total. The molecule has 0 aliphatic carbocycles. The molecule has 0 aliphatic heterocycles. The lowest BCUT2D eigenvalue weighted by molar-refractivity contribution is -0.125. The van der Waals surface area contributed by atoms with E-state index in [1.807, 2.05) is 6.07 Å². The first-order valence-electron chi connectivity index (χ1n) is 14.6. The van der Waals surface area contributed by atoms with Crippen molar-refractivity contribution in [1.82, 2.24) is 23.9 Å². The molecule has 1 atom stereocenters. The van der Waals surface area contributed by atoms with Gasteiger partial charge in [-0.3, -0.25) is 14.4 Å². The van der Waals surface area contributed by atoms with Crippen LogP contribution in [0.3, 0.4) is 0 Å². The minimum atomic E-state index is -1.28. The largest absolute Gasteiger partial charge is 0.497 e. The van der Waals surface area contributed by atoms with Gasteiger partial charge in [0, 0.05) is 40.5 Å². The molecular formula is C32H42N6O8. The van der Waals surface area contributed by atoms with Gasteiger partial charge in [0.2, 0.25) is 5.91 Å². The topological polar surface area (TPSA) is 165 Å². The van der Waals surface area contributed by atoms with E-state index in [-0.39, 0.29) is 42.2 Å². The van der Waals surface area contributed by atoms with Gasteiger partial charge in [0.1, 0.15) is 17.3 Å². The number of benzene rings is 1. The monoisotopic (exact) mass is 638 g/mol. The lowest BCUT2D eigenvalue weighted by Gasteiger charge is -2.19. The summed E-state index contributed by atoms with van der Waals surface area (Å²) < 4.78 is 13.0. The second-order valence-electron chi connectivity index (χ2n) is 12.4. The minimum absolute atomic E-state index is 0.0483. The van der Waals surface area contributed by atoms with Crippen LogP contribution in [0.15, 0.2) is 47.4 Å². The average molecular weight is 639 g/mol. The van der Waals surface area contributed by atoms with Crippen LogP contribution in [0, 0.1) is 5.41 Å². The van der Waals surface area contributed by atoms with E-state index in [1.54, 1.807) is 26.2 Å². The highest BCUT2D eigenvalue weighted by Gasteiger charge is 2.26. The van der Waals surface area contributed by atoms with Crippen LogP contribution >= 0.6 is 0 Å². The molecule has 0 bridgehead atoms. The fraction of sp³-hybridized carbons (Fsp3) is 0.438. The van der Waals surface area contributed by atoms with E-state index in [0.717, 1.165) is 15.0 Å². The van der Waals surface area contributed by atoms with Crippen molar-refractivity contribution in [3.05, 3.63) is 64.4 Å². The predicted molar refractivity (Wildman–Crippen MR) is 172 cm³/mol. The standard InChI is InChI=1S/C32H42N6O8/c1-32(2,3)18-20-16-21(45-8)17-23-27(20)34-25(38(23)30(42)43)19-37-15-11-12-22(29(37)41)33-28(40)24(46-31(44)36(6)7)13-9-10-14-26(39)35(4)5/h10-12,14-17,24H,9,13,18-19H2,1-8H3,(H,33,40)(H,42,43). The van der Waals surface area contributed by atoms with Crippen molar-refractivity contribution in [2.75, 3.05) is 40.6 Å². The highest BCUT2D eigenvalue weighted by atomic mass is 16.6. The third kappa shape index (κ3) is 8.96. The van der Waals surface area contributed by atoms with Gasteiger partial charge in [0.15, 0.2) is 6.10 Å². The van der Waals surface area contributed by atoms with Crippen molar-refractivity contribution in [3.8, 4) is 5.75 Å². The molecule has 0 aliphatic rings. The SMILES string of the molecule is COc1cc(CC(C)(C)C)c2nc(Cn3cccc(NC(=O)C(CCC=CC(=O)N(C)C)OC(=O)N(C)C)c3=O)n(C(=O)O)c2c1. The van der Waals surface area contributed by atoms with Gasteiger partial charge >= 0.3 is 12.2 Å². The number of hydrogen-bond donors (Lipinski definition) is 2. The first-order chi connectivity index (χ1) is 21.5. The molecule has 3 aromatic rings. The summed E-state index contributed by atoms with van der Waals surface area (Å²) in [5, 5.41) is 12.7. The fourth-order valence-electron chi connectivity index (χ4n) is 4.58. The van der Waals surface area contributed by atoms with Crippen LogP contribution in [0.1, 0.15) is 45.0 Å². The molecular weight excluding hydrogens is 596 g/mol. The van der Waals surface area contributed by atoms with Crippen molar-refractivity contribution >= 4 is 40.7 Å². The molecule has 2 heterocycles. The Bertz CT molecular complexity index is 1700. The van der Waals surface area contributed by atoms with Gasteiger partial charge in [-0.15, -0.1) is 0 Å². The molecule has 3 rings (SSSR count). The Hall–Kier alpha value is -5.14. The fourth-order valence-corrected chi connectivity index (χ4v) is 4.58. The summed E-state index contributed by atoms with van der Waals surface area (Å²) in [5.74, 6) is -0.411. The second-order valence-corrected chi connectivity index (χ2v) is 12.4. The molecule has 0 radical (unpaired) electrons. The van der Waals surface area contributed by atoms with E-state index in [1.165, 1.54) is 55.1 Å². The number of carboxylic acid groups (broad SMARTS) is 1. The molecule has 46 heavy (non-hydrogen) atoms. The van der Waals surface area contributed by atoms with E-state index >= 15 is 0 Å². The third-order valence-electron chi connectivity index (χ3n) is 6.82. The van der Waals surface area contributed by atoms with Crippen molar-refractivity contribution in [1.29, 1.82) is 0 Å². The lowest BCUT2D eigenvalue weighted by atomic mass is 9.87. The van der Waals surface area contributed by atoms with Gasteiger partial charge in [-0.2, -0.15) is 0 Å². The highest BCUT2D eigenvalue weighted by Crippen LogP contribution is 2.31. The zero-order chi connectivity index (χ0) is 34.3. The number of anilines is 1. The Morgan fingerprint density at radius 3 is 2.39 bits per heavy atom. The Balaban J connectivity index is 1.94. The van der Waals surface area contributed by atoms with Crippen LogP contribution in [0.25, 0.3) is 11.0 Å². The summed E-state index contributed by atoms with van der Waals surface area (Å²) in [6.07, 6.45) is 1.96. The van der Waals surface area contributed by atoms with E-state index in [2.05, 4.69) is 31.1 Å². The van der Waals surface area contributed by atoms with Crippen LogP contribution in [0.5, 0.6) is 5.75 Å². The number of allylic oxidation sites excluding steroid dienone is 1. The molecule has 2 aromatic heterocycles. The average Bonchev–Trinajstić information content (AvgIpc) is 3.33. The number of hydrogen-bond acceptors (Lipinski definition) is 8. The number of amides is 3. The maximum Gasteiger partial charge on any atom is 0.417 e. The van der Waals surface area contributed by atoms with Crippen LogP contribution in [-0.4, -0.2) is 94.4 Å². The third-order valence-corrected chi connectivity index (χ3v) is 6.82. The second kappa shape index (κ2) is 14.8. The summed E-state index contributed by atoms with van der Waals surface area (Å²) in [7, 11) is 7.64. The van der Waals surface area contributed by atoms with Crippen molar-refractivity contribution in [3.63, 3.8) is 0 Å². The van der Waals surface area contributed by atoms with Gasteiger partial charge in [0.05, 0.1) is 24.7 Å². The number of likely N-dealkylation sites (N-methyl/N-ethyl adjacent to an activating group) is 1. The molecule has 0 saturated carbocycles. The van der Waals surface area contributed by atoms with E-state index < -0.39 is 29.8 Å². The van der Waals surface area contributed by atoms with Crippen LogP contribution in [-0.2, 0) is 27.3 Å². The summed E-state index contributed by atoms with van der Waals surface area (Å²) >= 11 is 0. The van der Waals surface area contributed by atoms with Gasteiger partial charge in [-0.1, -0.05) is 26.8 Å². The van der Waals surface area contributed by atoms with Crippen molar-refractivity contribution in [2.24, 2.45) is 5.41 Å². The predicted octanol–water partition coefficient (Wildman–Crippen LogP) is 3.80. The molecule has 1 aromatic carbocycles. The number of nitrogens with zero attached hydrogens (tertiary/aromatic N) is 5. The molecule has 2 N–H and O–H groups in total. The number of carbonyl (C=O) groups excluding carboxylic acids is 3. The Morgan fingerprint density at radius 1 is 1.11 bits per heavy atom. The van der Waals surface area contributed by atoms with Crippen molar-refractivity contribution in [2.45, 2.75) is 52.7 Å². The number of methoxy groups -OCH3 is 1. The van der Waals surface area contributed by atoms with Crippen LogP contribution in [0.2, 0.25) is 0 Å². The zero-order valence-corrected chi connectivity index (χ0v) is 27.5. The van der Waals surface area contributed by atoms with Gasteiger partial charge < -0.3 is 34.3 Å². The smallest absolute Gasteiger partial charge is 0.417 e. The molecule has 0 fully saturated rings. The quantitative estimate of drug-likeness (QED) is 0.297. The molecule has 14 heteroatoms. The lowest BCUT2D eigenvalue weighted by Crippen LogP contribution is -2.37. The molecule has 0 saturated heterocycles. The Kier molecular flexibility index (Phi) is 11.3. The number of rotatable bonds is 11. The number of imidazole rings is 1. The van der Waals surface area contributed by atoms with E-state index in [9.17, 15) is 29.1 Å². The number of fused-ring (bicyclic) bond motifs is 1. The molecule has 1 unspecified atom stereocenters. The zero-order valence-electron chi connectivity index (χ0n) is 27.5. The molecule has 248 valence electrons. The number of aromatic nitrogens is 3. The first kappa shape index (κ1) is 35.3. The Labute approximate surface area is 267 Å². The number of pyridine rings is 1. The normalized spacial score (nSPS) is 12.2. The summed E-state index contributed by atoms with van der Waals surface area (Å²) in [5.41, 5.74) is 0.749. The maximum atomic E-state index is 13.5.